The Morgan fingerprint density at radius 2 is 1.90 bits per heavy atom. The van der Waals surface area contributed by atoms with Crippen LogP contribution >= 0.6 is 0 Å². The molecule has 10 nitrogen and oxygen atoms in total. The highest BCUT2D eigenvalue weighted by atomic mass is 19.4. The zero-order valence-corrected chi connectivity index (χ0v) is 14.9. The molecule has 0 saturated carbocycles. The molecule has 3 saturated heterocycles. The predicted octanol–water partition coefficient (Wildman–Crippen LogP) is -0.145. The number of hydrogen-bond acceptors (Lipinski definition) is 9. The molecule has 3 rings (SSSR count). The first kappa shape index (κ1) is 20.9. The Hall–Kier alpha value is -2.83. The number of carbonyl (C=O) groups excluding carboxylic acids is 4. The predicted molar refractivity (Wildman–Crippen MR) is 82.0 cm³/mol. The van der Waals surface area contributed by atoms with Gasteiger partial charge in [-0.15, -0.1) is 0 Å². The van der Waals surface area contributed by atoms with Gasteiger partial charge < -0.3 is 29.0 Å². The first-order chi connectivity index (χ1) is 13.6. The fourth-order valence-corrected chi connectivity index (χ4v) is 3.54. The maximum atomic E-state index is 12.3. The third-order valence-electron chi connectivity index (χ3n) is 4.81. The first-order valence-electron chi connectivity index (χ1n) is 8.37. The van der Waals surface area contributed by atoms with Crippen molar-refractivity contribution in [3.63, 3.8) is 0 Å². The fraction of sp³-hybridized carbons (Fsp3) is 0.625. The van der Waals surface area contributed by atoms with E-state index in [9.17, 15) is 32.3 Å². The number of alkyl carbamates (subject to hydrolysis) is 1. The molecule has 160 valence electrons. The number of ether oxygens (including phenoxy) is 5. The molecule has 3 fully saturated rings. The maximum absolute atomic E-state index is 12.3. The van der Waals surface area contributed by atoms with Gasteiger partial charge in [-0.25, -0.2) is 9.59 Å². The molecule has 0 spiro atoms. The molecule has 6 atom stereocenters. The van der Waals surface area contributed by atoms with Crippen LogP contribution in [0.15, 0.2) is 12.2 Å². The maximum Gasteiger partial charge on any atom is 0.422 e. The summed E-state index contributed by atoms with van der Waals surface area (Å²) in [5, 5.41) is 2.17. The summed E-state index contributed by atoms with van der Waals surface area (Å²) in [4.78, 5) is 47.0. The lowest BCUT2D eigenvalue weighted by molar-refractivity contribution is -0.153. The van der Waals surface area contributed by atoms with Gasteiger partial charge in [-0.05, 0) is 0 Å². The third-order valence-corrected chi connectivity index (χ3v) is 4.81. The van der Waals surface area contributed by atoms with E-state index in [0.717, 1.165) is 7.11 Å². The van der Waals surface area contributed by atoms with Gasteiger partial charge in [0.15, 0.2) is 12.2 Å². The van der Waals surface area contributed by atoms with Gasteiger partial charge in [0.2, 0.25) is 0 Å². The monoisotopic (exact) mass is 423 g/mol. The second-order valence-corrected chi connectivity index (χ2v) is 6.45. The van der Waals surface area contributed by atoms with Gasteiger partial charge in [0.1, 0.15) is 36.2 Å². The van der Waals surface area contributed by atoms with Crippen LogP contribution in [0.5, 0.6) is 0 Å². The lowest BCUT2D eigenvalue weighted by atomic mass is 9.78. The van der Waals surface area contributed by atoms with Crippen molar-refractivity contribution in [2.45, 2.75) is 30.6 Å². The summed E-state index contributed by atoms with van der Waals surface area (Å²) in [6, 6.07) is 0. The highest BCUT2D eigenvalue weighted by Gasteiger charge is 2.72. The summed E-state index contributed by atoms with van der Waals surface area (Å²) < 4.78 is 61.7. The summed E-state index contributed by atoms with van der Waals surface area (Å²) in [6.45, 7) is 1.66. The third kappa shape index (κ3) is 3.73. The van der Waals surface area contributed by atoms with E-state index in [1.807, 2.05) is 0 Å². The molecule has 0 aromatic carbocycles. The van der Waals surface area contributed by atoms with Crippen LogP contribution in [0.25, 0.3) is 0 Å². The van der Waals surface area contributed by atoms with E-state index in [1.54, 1.807) is 0 Å². The minimum atomic E-state index is -4.92. The van der Waals surface area contributed by atoms with Crippen LogP contribution in [0.2, 0.25) is 0 Å². The molecular formula is C16H16F3NO9. The van der Waals surface area contributed by atoms with Crippen molar-refractivity contribution in [3.8, 4) is 0 Å². The molecule has 6 unspecified atom stereocenters. The zero-order chi connectivity index (χ0) is 21.5. The topological polar surface area (TPSA) is 126 Å². The van der Waals surface area contributed by atoms with Crippen LogP contribution in [-0.4, -0.2) is 74.9 Å². The fourth-order valence-electron chi connectivity index (χ4n) is 3.54. The quantitative estimate of drug-likeness (QED) is 0.269. The second-order valence-electron chi connectivity index (χ2n) is 6.45. The van der Waals surface area contributed by atoms with Crippen molar-refractivity contribution in [2.75, 3.05) is 20.3 Å². The van der Waals surface area contributed by atoms with Gasteiger partial charge in [-0.1, -0.05) is 6.58 Å². The number of amides is 1. The van der Waals surface area contributed by atoms with Crippen molar-refractivity contribution in [1.82, 2.24) is 5.32 Å². The van der Waals surface area contributed by atoms with E-state index in [4.69, 9.17) is 14.2 Å². The van der Waals surface area contributed by atoms with Crippen molar-refractivity contribution < 1.29 is 56.0 Å². The Morgan fingerprint density at radius 1 is 1.21 bits per heavy atom. The van der Waals surface area contributed by atoms with Crippen LogP contribution < -0.4 is 5.32 Å². The summed E-state index contributed by atoms with van der Waals surface area (Å²) in [7, 11) is 1.14. The Bertz CT molecular complexity index is 752. The largest absolute Gasteiger partial charge is 0.469 e. The van der Waals surface area contributed by atoms with E-state index in [-0.39, 0.29) is 6.54 Å². The van der Waals surface area contributed by atoms with E-state index in [2.05, 4.69) is 21.4 Å². The normalized spacial score (nSPS) is 31.8. The standard InChI is InChI=1S/C16H16F3NO9/c1-5(16(17,18)19)12(21)26-4-3-20-15(24)29-11-8-6(13(22)25-2)7-9(27-8)10(11)28-14(7)23/h6-11H,1,3-4H2,2H3,(H,20,24). The van der Waals surface area contributed by atoms with Gasteiger partial charge in [0.25, 0.3) is 0 Å². The number of nitrogens with one attached hydrogen (secondary N) is 1. The van der Waals surface area contributed by atoms with Crippen molar-refractivity contribution in [3.05, 3.63) is 12.2 Å². The van der Waals surface area contributed by atoms with Gasteiger partial charge >= 0.3 is 30.2 Å². The average Bonchev–Trinajstić information content (AvgIpc) is 3.26. The number of rotatable bonds is 6. The molecule has 13 heteroatoms. The molecule has 1 N–H and O–H groups in total. The van der Waals surface area contributed by atoms with Crippen LogP contribution in [0.1, 0.15) is 0 Å². The van der Waals surface area contributed by atoms with Crippen LogP contribution in [0.3, 0.4) is 0 Å². The highest BCUT2D eigenvalue weighted by Crippen LogP contribution is 2.51. The summed E-state index contributed by atoms with van der Waals surface area (Å²) in [5.41, 5.74) is -1.68. The molecule has 2 bridgehead atoms. The molecule has 0 radical (unpaired) electrons. The van der Waals surface area contributed by atoms with E-state index in [1.165, 1.54) is 0 Å². The second kappa shape index (κ2) is 7.54. The number of esters is 3. The van der Waals surface area contributed by atoms with E-state index >= 15 is 0 Å². The average molecular weight is 423 g/mol. The number of halogens is 3. The summed E-state index contributed by atoms with van der Waals surface area (Å²) >= 11 is 0. The Labute approximate surface area is 161 Å². The van der Waals surface area contributed by atoms with Crippen LogP contribution in [-0.2, 0) is 38.1 Å². The van der Waals surface area contributed by atoms with Crippen molar-refractivity contribution in [2.24, 2.45) is 11.8 Å². The van der Waals surface area contributed by atoms with Crippen LogP contribution in [0, 0.1) is 11.8 Å². The van der Waals surface area contributed by atoms with Gasteiger partial charge in [-0.3, -0.25) is 9.59 Å². The zero-order valence-electron chi connectivity index (χ0n) is 14.9. The molecule has 3 aliphatic heterocycles. The highest BCUT2D eigenvalue weighted by molar-refractivity contribution is 5.89. The molecule has 0 aromatic rings. The van der Waals surface area contributed by atoms with Crippen LogP contribution in [0.4, 0.5) is 18.0 Å². The lowest BCUT2D eigenvalue weighted by Crippen LogP contribution is -2.49. The number of hydrogen-bond donors (Lipinski definition) is 1. The smallest absolute Gasteiger partial charge is 0.422 e. The van der Waals surface area contributed by atoms with Gasteiger partial charge in [0.05, 0.1) is 13.7 Å². The summed E-state index contributed by atoms with van der Waals surface area (Å²) in [6.07, 6.45) is -9.58. The van der Waals surface area contributed by atoms with E-state index in [0.29, 0.717) is 0 Å². The van der Waals surface area contributed by atoms with Crippen molar-refractivity contribution >= 4 is 24.0 Å². The molecule has 0 aliphatic carbocycles. The Kier molecular flexibility index (Phi) is 5.43. The minimum absolute atomic E-state index is 0.356. The summed E-state index contributed by atoms with van der Waals surface area (Å²) in [5.74, 6) is -4.84. The molecule has 29 heavy (non-hydrogen) atoms. The molecule has 3 aliphatic rings. The van der Waals surface area contributed by atoms with Crippen molar-refractivity contribution in [1.29, 1.82) is 0 Å². The number of carbonyl (C=O) groups is 4. The number of fused-ring (bicyclic) bond motifs is 1. The minimum Gasteiger partial charge on any atom is -0.469 e. The SMILES string of the molecule is C=C(C(=O)OCCNC(=O)OC1C2OC(=O)C3C2OC1C3C(=O)OC)C(F)(F)F. The first-order valence-corrected chi connectivity index (χ1v) is 8.37. The van der Waals surface area contributed by atoms with Gasteiger partial charge in [-0.2, -0.15) is 13.2 Å². The molecular weight excluding hydrogens is 407 g/mol. The van der Waals surface area contributed by atoms with E-state index < -0.39 is 78.6 Å². The Morgan fingerprint density at radius 3 is 2.52 bits per heavy atom. The molecule has 0 aromatic heterocycles. The molecule has 3 heterocycles. The number of alkyl halides is 3. The molecule has 1 amide bonds. The van der Waals surface area contributed by atoms with Gasteiger partial charge in [0, 0.05) is 0 Å². The number of methoxy groups -OCH3 is 1. The Balaban J connectivity index is 1.49. The lowest BCUT2D eigenvalue weighted by Gasteiger charge is -2.26.